The maximum Gasteiger partial charge on any atom is 0.410 e. The molecule has 0 radical (unpaired) electrons. The number of nitrogen functional groups attached to an aromatic ring is 1. The van der Waals surface area contributed by atoms with Gasteiger partial charge in [-0.2, -0.15) is 0 Å². The SMILES string of the molecule is CCOCc1nc2c(N)nc3ccccc3c2n1CC(C)(C)OC(=O)N(C)CCNC(=O)[C@H](CCCCN)CC(=O)[C@@H](NC(=O)COCCOCCOCCOCCOCC(=O)NN)C(C)C. The number of fused-ring (bicyclic) bond motifs is 3. The molecular formula is C45H74N10O12. The summed E-state index contributed by atoms with van der Waals surface area (Å²) in [6.45, 7) is 12.6. The molecule has 0 spiro atoms. The summed E-state index contributed by atoms with van der Waals surface area (Å²) in [6.07, 6.45) is 1.04. The molecule has 9 N–H and O–H groups in total. The van der Waals surface area contributed by atoms with Crippen LogP contribution in [0.5, 0.6) is 0 Å². The highest BCUT2D eigenvalue weighted by Crippen LogP contribution is 2.31. The Morgan fingerprint density at radius 1 is 0.851 bits per heavy atom. The van der Waals surface area contributed by atoms with Gasteiger partial charge in [-0.25, -0.2) is 20.6 Å². The number of nitrogens with one attached hydrogen (secondary N) is 3. The number of carbonyl (C=O) groups excluding carboxylic acids is 5. The highest BCUT2D eigenvalue weighted by atomic mass is 16.6. The number of hydrogen-bond acceptors (Lipinski definition) is 17. The number of pyridine rings is 1. The molecule has 3 rings (SSSR count). The number of hydrazine groups is 1. The number of hydrogen-bond donors (Lipinski definition) is 6. The molecule has 4 amide bonds. The number of amides is 4. The fourth-order valence-corrected chi connectivity index (χ4v) is 6.90. The van der Waals surface area contributed by atoms with Gasteiger partial charge in [0.2, 0.25) is 11.8 Å². The van der Waals surface area contributed by atoms with Crippen LogP contribution in [0.25, 0.3) is 21.9 Å². The summed E-state index contributed by atoms with van der Waals surface area (Å²) >= 11 is 0. The van der Waals surface area contributed by atoms with Crippen LogP contribution in [-0.4, -0.2) is 160 Å². The van der Waals surface area contributed by atoms with Gasteiger partial charge in [-0.05, 0) is 52.1 Å². The van der Waals surface area contributed by atoms with E-state index in [4.69, 9.17) is 55.5 Å². The Bertz CT molecular complexity index is 2000. The van der Waals surface area contributed by atoms with Crippen molar-refractivity contribution in [1.29, 1.82) is 0 Å². The highest BCUT2D eigenvalue weighted by Gasteiger charge is 2.31. The van der Waals surface area contributed by atoms with Crippen LogP contribution in [0.2, 0.25) is 0 Å². The van der Waals surface area contributed by atoms with E-state index >= 15 is 0 Å². The van der Waals surface area contributed by atoms with E-state index in [0.29, 0.717) is 82.3 Å². The normalized spacial score (nSPS) is 12.6. The maximum absolute atomic E-state index is 13.6. The minimum Gasteiger partial charge on any atom is -0.441 e. The summed E-state index contributed by atoms with van der Waals surface area (Å²) < 4.78 is 40.5. The number of unbranched alkanes of at least 4 members (excludes halogenated alkanes) is 1. The molecule has 2 aromatic heterocycles. The molecule has 3 aromatic rings. The Morgan fingerprint density at radius 2 is 1.46 bits per heavy atom. The lowest BCUT2D eigenvalue weighted by molar-refractivity contribution is -0.134. The van der Waals surface area contributed by atoms with Crippen molar-refractivity contribution in [3.8, 4) is 0 Å². The number of benzene rings is 1. The molecule has 2 heterocycles. The topological polar surface area (TPSA) is 298 Å². The van der Waals surface area contributed by atoms with Crippen LogP contribution in [0.15, 0.2) is 24.3 Å². The molecule has 0 aliphatic carbocycles. The first-order valence-electron chi connectivity index (χ1n) is 22.8. The predicted octanol–water partition coefficient (Wildman–Crippen LogP) is 1.58. The van der Waals surface area contributed by atoms with Crippen molar-refractivity contribution >= 4 is 57.4 Å². The van der Waals surface area contributed by atoms with Gasteiger partial charge in [-0.1, -0.05) is 38.5 Å². The van der Waals surface area contributed by atoms with Crippen LogP contribution in [-0.2, 0) is 65.5 Å². The van der Waals surface area contributed by atoms with Gasteiger partial charge < -0.3 is 64.7 Å². The van der Waals surface area contributed by atoms with E-state index in [1.807, 2.05) is 55.0 Å². The molecule has 0 aliphatic heterocycles. The van der Waals surface area contributed by atoms with Gasteiger partial charge in [0.15, 0.2) is 11.6 Å². The zero-order valence-electron chi connectivity index (χ0n) is 40.1. The third-order valence-electron chi connectivity index (χ3n) is 10.4. The van der Waals surface area contributed by atoms with Gasteiger partial charge in [0.05, 0.1) is 76.5 Å². The van der Waals surface area contributed by atoms with Gasteiger partial charge >= 0.3 is 6.09 Å². The summed E-state index contributed by atoms with van der Waals surface area (Å²) in [6, 6.07) is 6.79. The smallest absolute Gasteiger partial charge is 0.410 e. The van der Waals surface area contributed by atoms with E-state index in [0.717, 1.165) is 10.9 Å². The molecule has 0 fully saturated rings. The number of ketones is 1. The number of nitrogens with two attached hydrogens (primary N) is 3. The van der Waals surface area contributed by atoms with Crippen molar-refractivity contribution in [3.05, 3.63) is 30.1 Å². The molecule has 0 aliphatic rings. The quantitative estimate of drug-likeness (QED) is 0.0211. The molecule has 0 bridgehead atoms. The molecule has 0 saturated carbocycles. The average Bonchev–Trinajstić information content (AvgIpc) is 3.65. The van der Waals surface area contributed by atoms with E-state index in [1.54, 1.807) is 20.9 Å². The van der Waals surface area contributed by atoms with Gasteiger partial charge in [0.25, 0.3) is 5.91 Å². The lowest BCUT2D eigenvalue weighted by Crippen LogP contribution is -2.47. The van der Waals surface area contributed by atoms with Gasteiger partial charge in [0, 0.05) is 44.5 Å². The Morgan fingerprint density at radius 3 is 2.06 bits per heavy atom. The number of rotatable bonds is 35. The number of para-hydroxylation sites is 1. The zero-order valence-corrected chi connectivity index (χ0v) is 40.1. The standard InChI is InChI=1S/C45H74N10O12/c1-7-61-27-36-51-40-41(33-13-8-9-14-34(33)50-42(40)47)55(36)30-45(4,5)67-44(60)54(6)17-16-49-43(59)32(12-10-11-15-46)26-35(56)39(31(2)3)52-37(57)28-65-24-22-63-20-18-62-19-21-64-23-25-66-29-38(58)53-48/h8-9,13-14,31-32,39H,7,10-12,15-30,46,48H2,1-6H3,(H2,47,50)(H,49,59)(H,52,57)(H,53,58)/t32-,39+/m1/s1. The Hall–Kier alpha value is -5.07. The molecule has 67 heavy (non-hydrogen) atoms. The number of anilines is 1. The van der Waals surface area contributed by atoms with Crippen molar-refractivity contribution in [2.45, 2.75) is 85.1 Å². The third kappa shape index (κ3) is 20.0. The lowest BCUT2D eigenvalue weighted by Gasteiger charge is -2.29. The first kappa shape index (κ1) is 56.3. The molecule has 2 atom stereocenters. The molecular weight excluding hydrogens is 873 g/mol. The number of nitrogens with zero attached hydrogens (tertiary/aromatic N) is 4. The third-order valence-corrected chi connectivity index (χ3v) is 10.4. The first-order chi connectivity index (χ1) is 32.1. The van der Waals surface area contributed by atoms with Gasteiger partial charge in [0.1, 0.15) is 36.8 Å². The minimum absolute atomic E-state index is 0.0938. The van der Waals surface area contributed by atoms with Crippen LogP contribution in [0, 0.1) is 11.8 Å². The van der Waals surface area contributed by atoms with E-state index in [1.165, 1.54) is 4.90 Å². The van der Waals surface area contributed by atoms with Crippen LogP contribution >= 0.6 is 0 Å². The monoisotopic (exact) mass is 947 g/mol. The van der Waals surface area contributed by atoms with Crippen LogP contribution in [0.4, 0.5) is 10.6 Å². The van der Waals surface area contributed by atoms with Crippen LogP contribution in [0.1, 0.15) is 66.1 Å². The Balaban J connectivity index is 1.44. The second-order valence-corrected chi connectivity index (χ2v) is 16.8. The van der Waals surface area contributed by atoms with Crippen LogP contribution in [0.3, 0.4) is 0 Å². The van der Waals surface area contributed by atoms with Gasteiger partial charge in [-0.3, -0.25) is 24.6 Å². The molecule has 376 valence electrons. The number of aromatic nitrogens is 3. The summed E-state index contributed by atoms with van der Waals surface area (Å²) in [4.78, 5) is 75.1. The second kappa shape index (κ2) is 30.3. The fraction of sp³-hybridized carbons (Fsp3) is 0.667. The largest absolute Gasteiger partial charge is 0.441 e. The van der Waals surface area contributed by atoms with Crippen molar-refractivity contribution in [1.82, 2.24) is 35.5 Å². The Labute approximate surface area is 392 Å². The van der Waals surface area contributed by atoms with Crippen molar-refractivity contribution < 1.29 is 57.1 Å². The van der Waals surface area contributed by atoms with Crippen molar-refractivity contribution in [3.63, 3.8) is 0 Å². The molecule has 22 nitrogen and oxygen atoms in total. The van der Waals surface area contributed by atoms with E-state index < -0.39 is 35.5 Å². The molecule has 22 heteroatoms. The predicted molar refractivity (Wildman–Crippen MR) is 250 cm³/mol. The number of carbonyl (C=O) groups is 5. The van der Waals surface area contributed by atoms with E-state index in [9.17, 15) is 24.0 Å². The fourth-order valence-electron chi connectivity index (χ4n) is 6.90. The van der Waals surface area contributed by atoms with E-state index in [2.05, 4.69) is 15.6 Å². The number of ether oxygens (including phenoxy) is 7. The van der Waals surface area contributed by atoms with E-state index in [-0.39, 0.29) is 89.1 Å². The molecule has 1 aromatic carbocycles. The van der Waals surface area contributed by atoms with Crippen LogP contribution < -0.4 is 33.4 Å². The second-order valence-electron chi connectivity index (χ2n) is 16.8. The average molecular weight is 947 g/mol. The number of imidazole rings is 1. The highest BCUT2D eigenvalue weighted by molar-refractivity contribution is 6.06. The number of likely N-dealkylation sites (N-methyl/N-ethyl adjacent to an activating group) is 1. The number of Topliss-reactive ketones (excluding diaryl/α,β-unsaturated/α-hetero) is 1. The molecule has 0 saturated heterocycles. The van der Waals surface area contributed by atoms with Gasteiger partial charge in [-0.15, -0.1) is 0 Å². The zero-order chi connectivity index (χ0) is 49.2. The first-order valence-corrected chi connectivity index (χ1v) is 22.8. The summed E-state index contributed by atoms with van der Waals surface area (Å²) in [7, 11) is 1.58. The summed E-state index contributed by atoms with van der Waals surface area (Å²) in [5.41, 5.74) is 15.1. The summed E-state index contributed by atoms with van der Waals surface area (Å²) in [5, 5.41) is 6.51. The lowest BCUT2D eigenvalue weighted by atomic mass is 9.89. The van der Waals surface area contributed by atoms with Crippen molar-refractivity contribution in [2.75, 3.05) is 105 Å². The maximum atomic E-state index is 13.6. The molecule has 0 unspecified atom stereocenters. The Kier molecular flexibility index (Phi) is 25.5. The minimum atomic E-state index is -1.01. The van der Waals surface area contributed by atoms with Crippen molar-refractivity contribution in [2.24, 2.45) is 23.4 Å². The summed E-state index contributed by atoms with van der Waals surface area (Å²) in [5.74, 6) is 3.45.